The standard InChI is InChI=1S/C15H19ClN2O3/c16-10-3-4-14(19)13(6-10)15(20)17-7-12-8-18-5-1-2-11(18)9-21-12/h3-4,6,11-12,19H,1-2,5,7-9H2,(H,17,20). The average Bonchev–Trinajstić information content (AvgIpc) is 2.94. The smallest absolute Gasteiger partial charge is 0.255 e. The molecule has 2 aliphatic rings. The number of hydrogen-bond acceptors (Lipinski definition) is 4. The Balaban J connectivity index is 1.55. The Kier molecular flexibility index (Phi) is 4.33. The minimum atomic E-state index is -0.331. The zero-order valence-corrected chi connectivity index (χ0v) is 12.5. The van der Waals surface area contributed by atoms with Crippen molar-refractivity contribution in [1.29, 1.82) is 0 Å². The van der Waals surface area contributed by atoms with Gasteiger partial charge in [0, 0.05) is 24.2 Å². The highest BCUT2D eigenvalue weighted by atomic mass is 35.5. The van der Waals surface area contributed by atoms with Crippen LogP contribution in [0.5, 0.6) is 5.75 Å². The minimum Gasteiger partial charge on any atom is -0.507 e. The van der Waals surface area contributed by atoms with Crippen molar-refractivity contribution in [3.05, 3.63) is 28.8 Å². The van der Waals surface area contributed by atoms with Crippen LogP contribution in [0.3, 0.4) is 0 Å². The number of benzene rings is 1. The van der Waals surface area contributed by atoms with Gasteiger partial charge in [-0.3, -0.25) is 9.69 Å². The number of nitrogens with zero attached hydrogens (tertiary/aromatic N) is 1. The molecule has 1 aromatic carbocycles. The summed E-state index contributed by atoms with van der Waals surface area (Å²) in [5.41, 5.74) is 0.192. The summed E-state index contributed by atoms with van der Waals surface area (Å²) in [7, 11) is 0. The molecule has 2 aliphatic heterocycles. The average molecular weight is 311 g/mol. The Morgan fingerprint density at radius 2 is 2.38 bits per heavy atom. The normalized spacial score (nSPS) is 25.6. The van der Waals surface area contributed by atoms with Gasteiger partial charge in [0.1, 0.15) is 5.75 Å². The second-order valence-corrected chi connectivity index (χ2v) is 6.05. The third kappa shape index (κ3) is 3.31. The van der Waals surface area contributed by atoms with E-state index < -0.39 is 0 Å². The summed E-state index contributed by atoms with van der Waals surface area (Å²) < 4.78 is 5.79. The molecule has 0 saturated carbocycles. The van der Waals surface area contributed by atoms with Crippen molar-refractivity contribution in [2.45, 2.75) is 25.0 Å². The summed E-state index contributed by atoms with van der Waals surface area (Å²) in [6.45, 7) is 3.15. The fourth-order valence-corrected chi connectivity index (χ4v) is 3.17. The number of nitrogens with one attached hydrogen (secondary N) is 1. The molecule has 1 amide bonds. The molecular formula is C15H19ClN2O3. The van der Waals surface area contributed by atoms with Crippen molar-refractivity contribution in [1.82, 2.24) is 10.2 Å². The number of ether oxygens (including phenoxy) is 1. The van der Waals surface area contributed by atoms with Gasteiger partial charge in [-0.15, -0.1) is 0 Å². The van der Waals surface area contributed by atoms with Crippen LogP contribution in [-0.4, -0.2) is 54.3 Å². The maximum atomic E-state index is 12.1. The molecule has 1 aromatic rings. The second-order valence-electron chi connectivity index (χ2n) is 5.62. The molecule has 6 heteroatoms. The van der Waals surface area contributed by atoms with E-state index >= 15 is 0 Å². The predicted octanol–water partition coefficient (Wildman–Crippen LogP) is 1.64. The van der Waals surface area contributed by atoms with Gasteiger partial charge in [-0.2, -0.15) is 0 Å². The fraction of sp³-hybridized carbons (Fsp3) is 0.533. The van der Waals surface area contributed by atoms with Crippen molar-refractivity contribution < 1.29 is 14.6 Å². The van der Waals surface area contributed by atoms with Gasteiger partial charge in [0.15, 0.2) is 0 Å². The second kappa shape index (κ2) is 6.22. The first kappa shape index (κ1) is 14.6. The van der Waals surface area contributed by atoms with E-state index in [9.17, 15) is 9.90 Å². The minimum absolute atomic E-state index is 0.00428. The summed E-state index contributed by atoms with van der Waals surface area (Å²) in [6.07, 6.45) is 2.43. The maximum Gasteiger partial charge on any atom is 0.255 e. The highest BCUT2D eigenvalue weighted by Crippen LogP contribution is 2.23. The van der Waals surface area contributed by atoms with Gasteiger partial charge < -0.3 is 15.2 Å². The first-order valence-electron chi connectivity index (χ1n) is 7.26. The number of carbonyl (C=O) groups is 1. The molecule has 0 spiro atoms. The monoisotopic (exact) mass is 310 g/mol. The molecule has 2 saturated heterocycles. The molecule has 2 N–H and O–H groups in total. The lowest BCUT2D eigenvalue weighted by atomic mass is 10.1. The van der Waals surface area contributed by atoms with Crippen LogP contribution in [0.2, 0.25) is 5.02 Å². The Morgan fingerprint density at radius 3 is 3.24 bits per heavy atom. The lowest BCUT2D eigenvalue weighted by Crippen LogP contribution is -2.50. The molecule has 5 nitrogen and oxygen atoms in total. The van der Waals surface area contributed by atoms with Gasteiger partial charge >= 0.3 is 0 Å². The first-order valence-corrected chi connectivity index (χ1v) is 7.63. The number of rotatable bonds is 3. The number of carbonyl (C=O) groups excluding carboxylic acids is 1. The van der Waals surface area contributed by atoms with Gasteiger partial charge in [-0.25, -0.2) is 0 Å². The summed E-state index contributed by atoms with van der Waals surface area (Å²) in [6, 6.07) is 4.98. The number of hydrogen-bond donors (Lipinski definition) is 2. The number of phenolic OH excluding ortho intramolecular Hbond substituents is 1. The molecular weight excluding hydrogens is 292 g/mol. The molecule has 0 radical (unpaired) electrons. The Morgan fingerprint density at radius 1 is 1.52 bits per heavy atom. The van der Waals surface area contributed by atoms with Gasteiger partial charge in [0.05, 0.1) is 18.3 Å². The van der Waals surface area contributed by atoms with Gasteiger partial charge in [-0.05, 0) is 37.6 Å². The molecule has 2 heterocycles. The summed E-state index contributed by atoms with van der Waals surface area (Å²) >= 11 is 5.85. The molecule has 3 rings (SSSR count). The molecule has 21 heavy (non-hydrogen) atoms. The van der Waals surface area contributed by atoms with Gasteiger partial charge in [0.2, 0.25) is 0 Å². The first-order chi connectivity index (χ1) is 10.1. The van der Waals surface area contributed by atoms with Crippen LogP contribution in [0.25, 0.3) is 0 Å². The van der Waals surface area contributed by atoms with Crippen LogP contribution in [0.1, 0.15) is 23.2 Å². The van der Waals surface area contributed by atoms with E-state index in [2.05, 4.69) is 10.2 Å². The molecule has 2 atom stereocenters. The quantitative estimate of drug-likeness (QED) is 0.891. The van der Waals surface area contributed by atoms with Crippen molar-refractivity contribution >= 4 is 17.5 Å². The van der Waals surface area contributed by atoms with Crippen LogP contribution >= 0.6 is 11.6 Å². The molecule has 2 fully saturated rings. The van der Waals surface area contributed by atoms with E-state index in [1.165, 1.54) is 25.0 Å². The van der Waals surface area contributed by atoms with E-state index in [4.69, 9.17) is 16.3 Å². The zero-order valence-electron chi connectivity index (χ0n) is 11.7. The number of amides is 1. The van der Waals surface area contributed by atoms with Crippen LogP contribution in [-0.2, 0) is 4.74 Å². The SMILES string of the molecule is O=C(NCC1CN2CCCC2CO1)c1cc(Cl)ccc1O. The Hall–Kier alpha value is -1.30. The molecule has 0 aromatic heterocycles. The van der Waals surface area contributed by atoms with Crippen LogP contribution < -0.4 is 5.32 Å². The van der Waals surface area contributed by atoms with E-state index in [-0.39, 0.29) is 23.3 Å². The van der Waals surface area contributed by atoms with Crippen molar-refractivity contribution in [3.8, 4) is 5.75 Å². The predicted molar refractivity (Wildman–Crippen MR) is 79.8 cm³/mol. The molecule has 0 aliphatic carbocycles. The third-order valence-corrected chi connectivity index (χ3v) is 4.39. The number of aromatic hydroxyl groups is 1. The Bertz CT molecular complexity index is 538. The van der Waals surface area contributed by atoms with E-state index in [0.717, 1.165) is 19.7 Å². The van der Waals surface area contributed by atoms with Gasteiger partial charge in [-0.1, -0.05) is 11.6 Å². The van der Waals surface area contributed by atoms with Crippen LogP contribution in [0.15, 0.2) is 18.2 Å². The topological polar surface area (TPSA) is 61.8 Å². The zero-order chi connectivity index (χ0) is 14.8. The number of phenols is 1. The van der Waals surface area contributed by atoms with Gasteiger partial charge in [0.25, 0.3) is 5.91 Å². The van der Waals surface area contributed by atoms with Crippen molar-refractivity contribution in [2.24, 2.45) is 0 Å². The summed E-state index contributed by atoms with van der Waals surface area (Å²) in [5, 5.41) is 12.9. The molecule has 114 valence electrons. The summed E-state index contributed by atoms with van der Waals surface area (Å²) in [4.78, 5) is 14.5. The fourth-order valence-electron chi connectivity index (χ4n) is 3.00. The molecule has 2 unspecified atom stereocenters. The molecule has 0 bridgehead atoms. The van der Waals surface area contributed by atoms with E-state index in [1.807, 2.05) is 0 Å². The number of fused-ring (bicyclic) bond motifs is 1. The van der Waals surface area contributed by atoms with Crippen molar-refractivity contribution in [3.63, 3.8) is 0 Å². The third-order valence-electron chi connectivity index (χ3n) is 4.16. The number of halogens is 1. The highest BCUT2D eigenvalue weighted by molar-refractivity contribution is 6.31. The van der Waals surface area contributed by atoms with Crippen LogP contribution in [0.4, 0.5) is 0 Å². The largest absolute Gasteiger partial charge is 0.507 e. The number of morpholine rings is 1. The maximum absolute atomic E-state index is 12.1. The summed E-state index contributed by atoms with van der Waals surface area (Å²) in [5.74, 6) is -0.400. The highest BCUT2D eigenvalue weighted by Gasteiger charge is 2.32. The van der Waals surface area contributed by atoms with Crippen molar-refractivity contribution in [2.75, 3.05) is 26.2 Å². The lowest BCUT2D eigenvalue weighted by molar-refractivity contribution is -0.0461. The van der Waals surface area contributed by atoms with E-state index in [0.29, 0.717) is 17.6 Å². The van der Waals surface area contributed by atoms with E-state index in [1.54, 1.807) is 6.07 Å². The lowest BCUT2D eigenvalue weighted by Gasteiger charge is -2.35. The Labute approximate surface area is 128 Å². The van der Waals surface area contributed by atoms with Crippen LogP contribution in [0, 0.1) is 0 Å².